The van der Waals surface area contributed by atoms with E-state index in [1.807, 2.05) is 6.07 Å². The molecule has 2 rings (SSSR count). The Balaban J connectivity index is 1.91. The molecule has 19 heavy (non-hydrogen) atoms. The van der Waals surface area contributed by atoms with Crippen LogP contribution in [-0.4, -0.2) is 29.0 Å². The molecule has 2 heterocycles. The van der Waals surface area contributed by atoms with Gasteiger partial charge < -0.3 is 9.32 Å². The quantitative estimate of drug-likeness (QED) is 0.654. The molecule has 2 amide bonds. The summed E-state index contributed by atoms with van der Waals surface area (Å²) < 4.78 is 5.20. The third-order valence-electron chi connectivity index (χ3n) is 2.90. The average Bonchev–Trinajstić information content (AvgIpc) is 2.98. The van der Waals surface area contributed by atoms with Crippen LogP contribution in [0.1, 0.15) is 26.0 Å². The van der Waals surface area contributed by atoms with Gasteiger partial charge >= 0.3 is 0 Å². The number of amides is 2. The second-order valence-electron chi connectivity index (χ2n) is 4.79. The molecule has 1 N–H and O–H groups in total. The Labute approximate surface area is 111 Å². The lowest BCUT2D eigenvalue weighted by molar-refractivity contribution is -0.129. The van der Waals surface area contributed by atoms with Gasteiger partial charge in [-0.25, -0.2) is 5.43 Å². The average molecular weight is 263 g/mol. The van der Waals surface area contributed by atoms with Crippen molar-refractivity contribution in [3.05, 3.63) is 24.2 Å². The van der Waals surface area contributed by atoms with Crippen molar-refractivity contribution in [2.45, 2.75) is 26.8 Å². The highest BCUT2D eigenvalue weighted by Crippen LogP contribution is 2.20. The minimum atomic E-state index is -0.342. The third kappa shape index (κ3) is 3.43. The lowest BCUT2D eigenvalue weighted by atomic mass is 10.1. The van der Waals surface area contributed by atoms with Gasteiger partial charge in [0, 0.05) is 18.7 Å². The molecule has 1 aromatic rings. The van der Waals surface area contributed by atoms with E-state index in [1.165, 1.54) is 0 Å². The molecule has 1 unspecified atom stereocenters. The van der Waals surface area contributed by atoms with E-state index in [0.717, 1.165) is 11.5 Å². The highest BCUT2D eigenvalue weighted by atomic mass is 16.3. The molecule has 6 nitrogen and oxygen atoms in total. The molecule has 1 saturated heterocycles. The van der Waals surface area contributed by atoms with Gasteiger partial charge in [0.1, 0.15) is 5.76 Å². The van der Waals surface area contributed by atoms with Gasteiger partial charge in [-0.3, -0.25) is 9.59 Å². The van der Waals surface area contributed by atoms with Crippen LogP contribution in [0.4, 0.5) is 0 Å². The molecule has 0 radical (unpaired) electrons. The molecule has 0 saturated carbocycles. The first kappa shape index (κ1) is 13.3. The van der Waals surface area contributed by atoms with Crippen LogP contribution in [0.3, 0.4) is 0 Å². The van der Waals surface area contributed by atoms with E-state index < -0.39 is 0 Å². The predicted molar refractivity (Wildman–Crippen MR) is 69.2 cm³/mol. The Kier molecular flexibility index (Phi) is 3.99. The number of carbonyl (C=O) groups excluding carboxylic acids is 2. The molecule has 1 aliphatic rings. The topological polar surface area (TPSA) is 74.9 Å². The first-order valence-corrected chi connectivity index (χ1v) is 6.17. The molecule has 1 atom stereocenters. The number of carbonyl (C=O) groups is 2. The monoisotopic (exact) mass is 263 g/mol. The standard InChI is InChI=1S/C13H17N3O3/c1-9(2)14-15-13(18)10-6-12(17)16(7-10)8-11-4-3-5-19-11/h3-5,10H,6-8H2,1-2H3,(H,15,18). The van der Waals surface area contributed by atoms with E-state index in [1.54, 1.807) is 31.1 Å². The molecule has 0 aliphatic carbocycles. The first-order chi connectivity index (χ1) is 9.06. The molecule has 1 aromatic heterocycles. The second kappa shape index (κ2) is 5.69. The van der Waals surface area contributed by atoms with Gasteiger partial charge in [0.05, 0.1) is 18.7 Å². The van der Waals surface area contributed by atoms with Crippen molar-refractivity contribution in [1.82, 2.24) is 10.3 Å². The summed E-state index contributed by atoms with van der Waals surface area (Å²) in [7, 11) is 0. The van der Waals surface area contributed by atoms with E-state index in [9.17, 15) is 9.59 Å². The fourth-order valence-electron chi connectivity index (χ4n) is 1.95. The van der Waals surface area contributed by atoms with Crippen LogP contribution in [-0.2, 0) is 16.1 Å². The van der Waals surface area contributed by atoms with Crippen molar-refractivity contribution in [3.8, 4) is 0 Å². The number of hydrazone groups is 1. The zero-order valence-electron chi connectivity index (χ0n) is 11.0. The van der Waals surface area contributed by atoms with Crippen molar-refractivity contribution in [2.24, 2.45) is 11.0 Å². The summed E-state index contributed by atoms with van der Waals surface area (Å²) in [5, 5.41) is 3.86. The zero-order chi connectivity index (χ0) is 13.8. The van der Waals surface area contributed by atoms with Crippen molar-refractivity contribution < 1.29 is 14.0 Å². The Hall–Kier alpha value is -2.11. The van der Waals surface area contributed by atoms with Crippen molar-refractivity contribution >= 4 is 17.5 Å². The fourth-order valence-corrected chi connectivity index (χ4v) is 1.95. The normalized spacial score (nSPS) is 18.5. The summed E-state index contributed by atoms with van der Waals surface area (Å²) in [6, 6.07) is 3.59. The van der Waals surface area contributed by atoms with Gasteiger partial charge in [0.2, 0.25) is 11.8 Å². The van der Waals surface area contributed by atoms with E-state index in [-0.39, 0.29) is 24.2 Å². The molecule has 1 fully saturated rings. The molecule has 1 aliphatic heterocycles. The van der Waals surface area contributed by atoms with Gasteiger partial charge in [0.15, 0.2) is 0 Å². The number of hydrogen-bond donors (Lipinski definition) is 1. The van der Waals surface area contributed by atoms with Gasteiger partial charge in [0.25, 0.3) is 0 Å². The minimum absolute atomic E-state index is 0.0336. The summed E-state index contributed by atoms with van der Waals surface area (Å²) >= 11 is 0. The van der Waals surface area contributed by atoms with Crippen LogP contribution >= 0.6 is 0 Å². The predicted octanol–water partition coefficient (Wildman–Crippen LogP) is 1.14. The summed E-state index contributed by atoms with van der Waals surface area (Å²) in [6.45, 7) is 4.40. The maximum atomic E-state index is 11.8. The summed E-state index contributed by atoms with van der Waals surface area (Å²) in [6.07, 6.45) is 1.80. The van der Waals surface area contributed by atoms with E-state index >= 15 is 0 Å². The van der Waals surface area contributed by atoms with Gasteiger partial charge in [-0.15, -0.1) is 0 Å². The Morgan fingerprint density at radius 3 is 3.00 bits per heavy atom. The Morgan fingerprint density at radius 2 is 2.37 bits per heavy atom. The van der Waals surface area contributed by atoms with E-state index in [4.69, 9.17) is 4.42 Å². The third-order valence-corrected chi connectivity index (χ3v) is 2.90. The molecule has 0 spiro atoms. The van der Waals surface area contributed by atoms with Gasteiger partial charge in [-0.1, -0.05) is 0 Å². The number of likely N-dealkylation sites (tertiary alicyclic amines) is 1. The van der Waals surface area contributed by atoms with Gasteiger partial charge in [-0.2, -0.15) is 5.10 Å². The van der Waals surface area contributed by atoms with Crippen LogP contribution in [0.15, 0.2) is 27.9 Å². The van der Waals surface area contributed by atoms with Crippen molar-refractivity contribution in [2.75, 3.05) is 6.54 Å². The summed E-state index contributed by atoms with van der Waals surface area (Å²) in [5.74, 6) is 0.132. The Bertz CT molecular complexity index is 489. The number of hydrogen-bond acceptors (Lipinski definition) is 4. The molecule has 0 bridgehead atoms. The fraction of sp³-hybridized carbons (Fsp3) is 0.462. The van der Waals surface area contributed by atoms with Crippen molar-refractivity contribution in [3.63, 3.8) is 0 Å². The van der Waals surface area contributed by atoms with E-state index in [2.05, 4.69) is 10.5 Å². The van der Waals surface area contributed by atoms with Crippen molar-refractivity contribution in [1.29, 1.82) is 0 Å². The zero-order valence-corrected chi connectivity index (χ0v) is 11.0. The lowest BCUT2D eigenvalue weighted by Gasteiger charge is -2.14. The first-order valence-electron chi connectivity index (χ1n) is 6.17. The van der Waals surface area contributed by atoms with Gasteiger partial charge in [-0.05, 0) is 26.0 Å². The molecule has 0 aromatic carbocycles. The van der Waals surface area contributed by atoms with E-state index in [0.29, 0.717) is 13.1 Å². The number of rotatable bonds is 4. The maximum absolute atomic E-state index is 11.8. The largest absolute Gasteiger partial charge is 0.467 e. The number of nitrogens with one attached hydrogen (secondary N) is 1. The Morgan fingerprint density at radius 1 is 1.58 bits per heavy atom. The molecular weight excluding hydrogens is 246 g/mol. The highest BCUT2D eigenvalue weighted by molar-refractivity contribution is 5.90. The van der Waals surface area contributed by atoms with Crippen LogP contribution < -0.4 is 5.43 Å². The molecule has 6 heteroatoms. The summed E-state index contributed by atoms with van der Waals surface area (Å²) in [4.78, 5) is 25.3. The van der Waals surface area contributed by atoms with Crippen LogP contribution in [0, 0.1) is 5.92 Å². The number of furan rings is 1. The SMILES string of the molecule is CC(C)=NNC(=O)C1CC(=O)N(Cc2ccco2)C1. The van der Waals surface area contributed by atoms with Crippen LogP contribution in [0.25, 0.3) is 0 Å². The number of nitrogens with zero attached hydrogens (tertiary/aromatic N) is 2. The molecule has 102 valence electrons. The highest BCUT2D eigenvalue weighted by Gasteiger charge is 2.34. The maximum Gasteiger partial charge on any atom is 0.245 e. The van der Waals surface area contributed by atoms with Crippen LogP contribution in [0.2, 0.25) is 0 Å². The lowest BCUT2D eigenvalue weighted by Crippen LogP contribution is -2.30. The second-order valence-corrected chi connectivity index (χ2v) is 4.79. The van der Waals surface area contributed by atoms with Crippen LogP contribution in [0.5, 0.6) is 0 Å². The molecular formula is C13H17N3O3. The summed E-state index contributed by atoms with van der Waals surface area (Å²) in [5.41, 5.74) is 3.24. The minimum Gasteiger partial charge on any atom is -0.467 e. The smallest absolute Gasteiger partial charge is 0.245 e.